The Morgan fingerprint density at radius 1 is 0.857 bits per heavy atom. The Morgan fingerprint density at radius 2 is 1.40 bits per heavy atom. The highest BCUT2D eigenvalue weighted by Gasteiger charge is 2.41. The Labute approximate surface area is 219 Å². The van der Waals surface area contributed by atoms with Crippen LogP contribution in [0.25, 0.3) is 0 Å². The van der Waals surface area contributed by atoms with Crippen LogP contribution in [0.4, 0.5) is 0 Å². The molecule has 3 aromatic carbocycles. The molecule has 1 aliphatic heterocycles. The van der Waals surface area contributed by atoms with E-state index in [-0.39, 0.29) is 11.5 Å². The molecule has 1 heterocycles. The normalized spacial score (nSPS) is 20.1. The molecule has 4 rings (SSSR count). The molecule has 1 fully saturated rings. The number of benzene rings is 3. The zero-order valence-corrected chi connectivity index (χ0v) is 20.5. The minimum absolute atomic E-state index is 0.0862. The average Bonchev–Trinajstić information content (AvgIpc) is 2.96. The SMILES string of the molecule is [2H]C([2H])([2H])C(C)(c1ccc(C(O)CCCN2CCC(C(O)(c3ccccc3)c3ccccc3)CC2)cc1)C([2H])([2H])[2H]. The van der Waals surface area contributed by atoms with Gasteiger partial charge in [0.05, 0.1) is 6.10 Å². The van der Waals surface area contributed by atoms with Crippen LogP contribution in [-0.2, 0) is 11.0 Å². The van der Waals surface area contributed by atoms with Crippen LogP contribution in [-0.4, -0.2) is 34.7 Å². The predicted octanol–water partition coefficient (Wildman–Crippen LogP) is 6.45. The third kappa shape index (κ3) is 6.03. The maximum atomic E-state index is 12.1. The fourth-order valence-corrected chi connectivity index (χ4v) is 5.31. The first-order valence-corrected chi connectivity index (χ1v) is 12.6. The third-order valence-electron chi connectivity index (χ3n) is 7.43. The number of nitrogens with zero attached hydrogens (tertiary/aromatic N) is 1. The fourth-order valence-electron chi connectivity index (χ4n) is 5.31. The van der Waals surface area contributed by atoms with Crippen LogP contribution < -0.4 is 0 Å². The highest BCUT2D eigenvalue weighted by molar-refractivity contribution is 5.37. The lowest BCUT2D eigenvalue weighted by molar-refractivity contribution is -0.0146. The van der Waals surface area contributed by atoms with Crippen molar-refractivity contribution in [1.82, 2.24) is 4.90 Å². The van der Waals surface area contributed by atoms with Gasteiger partial charge in [-0.05, 0) is 78.9 Å². The molecule has 1 aliphatic rings. The van der Waals surface area contributed by atoms with Gasteiger partial charge in [-0.1, -0.05) is 106 Å². The summed E-state index contributed by atoms with van der Waals surface area (Å²) in [5.41, 5.74) is -0.368. The van der Waals surface area contributed by atoms with Gasteiger partial charge in [-0.15, -0.1) is 0 Å². The largest absolute Gasteiger partial charge is 0.388 e. The van der Waals surface area contributed by atoms with Gasteiger partial charge >= 0.3 is 0 Å². The molecule has 35 heavy (non-hydrogen) atoms. The van der Waals surface area contributed by atoms with Crippen LogP contribution in [0.3, 0.4) is 0 Å². The quantitative estimate of drug-likeness (QED) is 0.392. The lowest BCUT2D eigenvalue weighted by Gasteiger charge is -2.42. The lowest BCUT2D eigenvalue weighted by Crippen LogP contribution is -2.44. The fraction of sp³-hybridized carbons (Fsp3) is 0.438. The monoisotopic (exact) mass is 477 g/mol. The van der Waals surface area contributed by atoms with Crippen LogP contribution in [0.5, 0.6) is 0 Å². The van der Waals surface area contributed by atoms with Crippen LogP contribution in [0, 0.1) is 5.92 Å². The minimum atomic E-state index is -2.70. The van der Waals surface area contributed by atoms with Crippen molar-refractivity contribution < 1.29 is 18.4 Å². The van der Waals surface area contributed by atoms with Gasteiger partial charge in [0.25, 0.3) is 0 Å². The molecule has 0 aliphatic carbocycles. The maximum Gasteiger partial charge on any atom is 0.117 e. The van der Waals surface area contributed by atoms with E-state index >= 15 is 0 Å². The number of likely N-dealkylation sites (tertiary alicyclic amines) is 1. The molecule has 0 aromatic heterocycles. The van der Waals surface area contributed by atoms with Gasteiger partial charge in [0.1, 0.15) is 5.60 Å². The zero-order valence-electron chi connectivity index (χ0n) is 26.5. The molecular formula is C32H41NO2. The molecule has 1 saturated heterocycles. The Morgan fingerprint density at radius 3 is 1.91 bits per heavy atom. The summed E-state index contributed by atoms with van der Waals surface area (Å²) in [5, 5.41) is 22.9. The molecule has 0 saturated carbocycles. The molecule has 2 N–H and O–H groups in total. The second-order valence-corrected chi connectivity index (χ2v) is 10.0. The molecule has 3 aromatic rings. The van der Waals surface area contributed by atoms with Crippen LogP contribution in [0.15, 0.2) is 84.9 Å². The van der Waals surface area contributed by atoms with Gasteiger partial charge in [-0.2, -0.15) is 0 Å². The van der Waals surface area contributed by atoms with Crippen molar-refractivity contribution >= 4 is 0 Å². The lowest BCUT2D eigenvalue weighted by atomic mass is 9.72. The smallest absolute Gasteiger partial charge is 0.117 e. The summed E-state index contributed by atoms with van der Waals surface area (Å²) < 4.78 is 47.1. The van der Waals surface area contributed by atoms with E-state index in [1.165, 1.54) is 19.1 Å². The van der Waals surface area contributed by atoms with E-state index in [0.29, 0.717) is 12.0 Å². The van der Waals surface area contributed by atoms with E-state index < -0.39 is 30.8 Å². The molecule has 1 unspecified atom stereocenters. The molecule has 3 nitrogen and oxygen atoms in total. The first-order chi connectivity index (χ1) is 19.3. The summed E-state index contributed by atoms with van der Waals surface area (Å²) in [6, 6.07) is 26.1. The van der Waals surface area contributed by atoms with E-state index in [4.69, 9.17) is 8.22 Å². The summed E-state index contributed by atoms with van der Waals surface area (Å²) in [5.74, 6) is 0.0862. The second-order valence-electron chi connectivity index (χ2n) is 10.0. The van der Waals surface area contributed by atoms with E-state index in [1.54, 1.807) is 12.1 Å². The number of aliphatic hydroxyl groups is 2. The van der Waals surface area contributed by atoms with Crippen LogP contribution >= 0.6 is 0 Å². The first kappa shape index (κ1) is 18.8. The number of aliphatic hydroxyl groups excluding tert-OH is 1. The average molecular weight is 478 g/mol. The number of hydrogen-bond acceptors (Lipinski definition) is 3. The summed E-state index contributed by atoms with van der Waals surface area (Å²) >= 11 is 0. The van der Waals surface area contributed by atoms with E-state index in [2.05, 4.69) is 4.90 Å². The Balaban J connectivity index is 1.33. The van der Waals surface area contributed by atoms with Gasteiger partial charge in [0, 0.05) is 8.22 Å². The van der Waals surface area contributed by atoms with Gasteiger partial charge in [0.2, 0.25) is 0 Å². The topological polar surface area (TPSA) is 43.7 Å². The molecule has 0 bridgehead atoms. The van der Waals surface area contributed by atoms with Crippen molar-refractivity contribution in [2.75, 3.05) is 19.6 Å². The number of rotatable bonds is 8. The first-order valence-electron chi connectivity index (χ1n) is 15.6. The van der Waals surface area contributed by atoms with Crippen LogP contribution in [0.1, 0.15) is 82.9 Å². The minimum Gasteiger partial charge on any atom is -0.388 e. The highest BCUT2D eigenvalue weighted by Crippen LogP contribution is 2.42. The van der Waals surface area contributed by atoms with Crippen molar-refractivity contribution in [3.05, 3.63) is 107 Å². The van der Waals surface area contributed by atoms with Crippen molar-refractivity contribution in [3.63, 3.8) is 0 Å². The van der Waals surface area contributed by atoms with Crippen molar-refractivity contribution in [2.24, 2.45) is 5.92 Å². The maximum absolute atomic E-state index is 12.1. The van der Waals surface area contributed by atoms with Crippen molar-refractivity contribution in [1.29, 1.82) is 0 Å². The Bertz CT molecular complexity index is 1180. The Kier molecular flexibility index (Phi) is 5.94. The van der Waals surface area contributed by atoms with E-state index in [1.807, 2.05) is 60.7 Å². The molecule has 0 spiro atoms. The summed E-state index contributed by atoms with van der Waals surface area (Å²) in [6.07, 6.45) is 2.30. The van der Waals surface area contributed by atoms with E-state index in [9.17, 15) is 10.2 Å². The predicted molar refractivity (Wildman–Crippen MR) is 144 cm³/mol. The Hall–Kier alpha value is -2.46. The second kappa shape index (κ2) is 11.1. The molecule has 1 atom stereocenters. The van der Waals surface area contributed by atoms with Gasteiger partial charge < -0.3 is 15.1 Å². The standard InChI is InChI=1S/C32H41NO2/c1-31(2,3)26-18-16-25(17-19-26)30(34)15-10-22-33-23-20-29(21-24-33)32(35,27-11-6-4-7-12-27)28-13-8-5-9-14-28/h4-9,11-14,16-19,29-30,34-35H,10,15,20-24H2,1-3H3/i1D3,2D3. The molecule has 3 heteroatoms. The highest BCUT2D eigenvalue weighted by atomic mass is 16.3. The molecule has 186 valence electrons. The summed E-state index contributed by atoms with van der Waals surface area (Å²) in [6.45, 7) is -1.61. The molecular weight excluding hydrogens is 430 g/mol. The van der Waals surface area contributed by atoms with Crippen molar-refractivity contribution in [2.45, 2.75) is 63.4 Å². The number of hydrogen-bond donors (Lipinski definition) is 2. The van der Waals surface area contributed by atoms with Gasteiger partial charge in [-0.3, -0.25) is 0 Å². The van der Waals surface area contributed by atoms with Crippen LogP contribution in [0.2, 0.25) is 0 Å². The van der Waals surface area contributed by atoms with Crippen molar-refractivity contribution in [3.8, 4) is 0 Å². The summed E-state index contributed by atoms with van der Waals surface area (Å²) in [4.78, 5) is 2.38. The third-order valence-corrected chi connectivity index (χ3v) is 7.43. The van der Waals surface area contributed by atoms with E-state index in [0.717, 1.165) is 50.0 Å². The molecule has 0 amide bonds. The zero-order chi connectivity index (χ0) is 29.9. The van der Waals surface area contributed by atoms with Gasteiger partial charge in [-0.25, -0.2) is 0 Å². The van der Waals surface area contributed by atoms with Gasteiger partial charge in [0.15, 0.2) is 0 Å². The summed E-state index contributed by atoms with van der Waals surface area (Å²) in [7, 11) is 0. The molecule has 0 radical (unpaired) electrons. The number of piperidine rings is 1.